The van der Waals surface area contributed by atoms with Crippen LogP contribution < -0.4 is 10.2 Å². The van der Waals surface area contributed by atoms with Crippen molar-refractivity contribution in [3.63, 3.8) is 0 Å². The van der Waals surface area contributed by atoms with E-state index in [0.717, 1.165) is 16.9 Å². The second-order valence-corrected chi connectivity index (χ2v) is 8.26. The molecule has 0 aliphatic heterocycles. The summed E-state index contributed by atoms with van der Waals surface area (Å²) in [6, 6.07) is 17.2. The number of benzene rings is 2. The van der Waals surface area contributed by atoms with Crippen molar-refractivity contribution < 1.29 is 9.59 Å². The van der Waals surface area contributed by atoms with Gasteiger partial charge >= 0.3 is 0 Å². The lowest BCUT2D eigenvalue weighted by atomic mass is 9.85. The van der Waals surface area contributed by atoms with E-state index in [0.29, 0.717) is 6.54 Å². The van der Waals surface area contributed by atoms with Gasteiger partial charge in [0.2, 0.25) is 11.8 Å². The third-order valence-electron chi connectivity index (χ3n) is 4.71. The lowest BCUT2D eigenvalue weighted by molar-refractivity contribution is -0.136. The van der Waals surface area contributed by atoms with Crippen LogP contribution in [0, 0.1) is 5.41 Å². The Morgan fingerprint density at radius 3 is 2.00 bits per heavy atom. The lowest BCUT2D eigenvalue weighted by Crippen LogP contribution is -2.47. The van der Waals surface area contributed by atoms with Gasteiger partial charge in [0.25, 0.3) is 0 Å². The summed E-state index contributed by atoms with van der Waals surface area (Å²) in [5.74, 6) is -0.527. The fraction of sp³-hybridized carbons (Fsp3) is 0.391. The van der Waals surface area contributed by atoms with Gasteiger partial charge in [0.15, 0.2) is 0 Å². The van der Waals surface area contributed by atoms with Crippen molar-refractivity contribution in [2.24, 2.45) is 5.41 Å². The summed E-state index contributed by atoms with van der Waals surface area (Å²) in [4.78, 5) is 27.9. The first kappa shape index (κ1) is 20.7. The van der Waals surface area contributed by atoms with E-state index >= 15 is 0 Å². The Kier molecular flexibility index (Phi) is 6.09. The highest BCUT2D eigenvalue weighted by Gasteiger charge is 2.39. The number of rotatable bonds is 5. The van der Waals surface area contributed by atoms with E-state index in [1.54, 1.807) is 18.7 Å². The normalized spacial score (nSPS) is 11.8. The molecule has 2 rings (SSSR count). The molecule has 0 saturated heterocycles. The third kappa shape index (κ3) is 4.57. The van der Waals surface area contributed by atoms with Crippen LogP contribution in [0.25, 0.3) is 0 Å². The molecule has 2 aromatic carbocycles. The number of amides is 2. The van der Waals surface area contributed by atoms with Crippen molar-refractivity contribution in [2.75, 3.05) is 16.8 Å². The second kappa shape index (κ2) is 7.95. The molecule has 144 valence electrons. The van der Waals surface area contributed by atoms with E-state index in [2.05, 4.69) is 26.1 Å². The molecule has 2 amide bonds. The quantitative estimate of drug-likeness (QED) is 0.757. The van der Waals surface area contributed by atoms with E-state index in [1.807, 2.05) is 61.5 Å². The largest absolute Gasteiger partial charge is 0.325 e. The number of hydrogen-bond acceptors (Lipinski definition) is 2. The van der Waals surface area contributed by atoms with Crippen LogP contribution in [0.5, 0.6) is 0 Å². The minimum atomic E-state index is -1.20. The summed E-state index contributed by atoms with van der Waals surface area (Å²) in [5, 5.41) is 2.98. The molecule has 0 aliphatic rings. The van der Waals surface area contributed by atoms with Crippen LogP contribution in [0.4, 0.5) is 11.4 Å². The molecule has 0 heterocycles. The number of carbonyl (C=O) groups excluding carboxylic acids is 2. The Balaban J connectivity index is 2.29. The molecule has 1 N–H and O–H groups in total. The Morgan fingerprint density at radius 2 is 1.44 bits per heavy atom. The monoisotopic (exact) mass is 366 g/mol. The minimum Gasteiger partial charge on any atom is -0.325 e. The lowest BCUT2D eigenvalue weighted by Gasteiger charge is -2.31. The van der Waals surface area contributed by atoms with E-state index in [4.69, 9.17) is 0 Å². The van der Waals surface area contributed by atoms with Crippen LogP contribution in [0.3, 0.4) is 0 Å². The zero-order chi connectivity index (χ0) is 20.2. The van der Waals surface area contributed by atoms with Crippen LogP contribution in [0.1, 0.15) is 47.1 Å². The van der Waals surface area contributed by atoms with Crippen molar-refractivity contribution in [2.45, 2.75) is 47.0 Å². The highest BCUT2D eigenvalue weighted by atomic mass is 16.2. The average Bonchev–Trinajstić information content (AvgIpc) is 2.62. The van der Waals surface area contributed by atoms with Gasteiger partial charge in [-0.05, 0) is 49.9 Å². The zero-order valence-corrected chi connectivity index (χ0v) is 17.2. The van der Waals surface area contributed by atoms with Crippen LogP contribution in [-0.4, -0.2) is 18.4 Å². The fourth-order valence-electron chi connectivity index (χ4n) is 3.01. The summed E-state index contributed by atoms with van der Waals surface area (Å²) in [6.45, 7) is 12.1. The maximum atomic E-state index is 13.2. The Bertz CT molecular complexity index is 805. The number of para-hydroxylation sites is 2. The molecule has 0 radical (unpaired) electrons. The van der Waals surface area contributed by atoms with Crippen LogP contribution in [-0.2, 0) is 15.0 Å². The van der Waals surface area contributed by atoms with Crippen molar-refractivity contribution in [1.29, 1.82) is 0 Å². The average molecular weight is 367 g/mol. The standard InChI is InChI=1S/C23H30N2O2/c1-7-25(17-13-9-8-10-14-17)21(27)23(5,6)20(26)24-19-16-12-11-15-18(19)22(2,3)4/h8-16H,7H2,1-6H3,(H,24,26). The van der Waals surface area contributed by atoms with Crippen molar-refractivity contribution in [1.82, 2.24) is 0 Å². The molecular formula is C23H30N2O2. The summed E-state index contributed by atoms with van der Waals surface area (Å²) in [7, 11) is 0. The Morgan fingerprint density at radius 1 is 0.889 bits per heavy atom. The second-order valence-electron chi connectivity index (χ2n) is 8.26. The molecule has 2 aromatic rings. The molecular weight excluding hydrogens is 336 g/mol. The SMILES string of the molecule is CCN(C(=O)C(C)(C)C(=O)Nc1ccccc1C(C)(C)C)c1ccccc1. The molecule has 0 aromatic heterocycles. The number of nitrogens with zero attached hydrogens (tertiary/aromatic N) is 1. The van der Waals surface area contributed by atoms with Crippen LogP contribution in [0.15, 0.2) is 54.6 Å². The van der Waals surface area contributed by atoms with Crippen LogP contribution in [0.2, 0.25) is 0 Å². The molecule has 27 heavy (non-hydrogen) atoms. The predicted octanol–water partition coefficient (Wildman–Crippen LogP) is 5.00. The van der Waals surface area contributed by atoms with E-state index < -0.39 is 5.41 Å². The van der Waals surface area contributed by atoms with E-state index in [-0.39, 0.29) is 17.2 Å². The van der Waals surface area contributed by atoms with Crippen molar-refractivity contribution >= 4 is 23.2 Å². The molecule has 0 fully saturated rings. The van der Waals surface area contributed by atoms with Gasteiger partial charge in [-0.2, -0.15) is 0 Å². The van der Waals surface area contributed by atoms with Crippen molar-refractivity contribution in [3.8, 4) is 0 Å². The first-order chi connectivity index (χ1) is 12.6. The maximum absolute atomic E-state index is 13.2. The van der Waals surface area contributed by atoms with E-state index in [1.165, 1.54) is 0 Å². The number of anilines is 2. The van der Waals surface area contributed by atoms with Gasteiger partial charge in [0.1, 0.15) is 5.41 Å². The number of hydrogen-bond donors (Lipinski definition) is 1. The molecule has 0 atom stereocenters. The molecule has 0 aliphatic carbocycles. The molecule has 4 nitrogen and oxygen atoms in total. The minimum absolute atomic E-state index is 0.114. The van der Waals surface area contributed by atoms with E-state index in [9.17, 15) is 9.59 Å². The summed E-state index contributed by atoms with van der Waals surface area (Å²) >= 11 is 0. The molecule has 0 saturated carbocycles. The predicted molar refractivity (Wildman–Crippen MR) is 112 cm³/mol. The first-order valence-electron chi connectivity index (χ1n) is 9.37. The van der Waals surface area contributed by atoms with Gasteiger partial charge in [0, 0.05) is 17.9 Å². The highest BCUT2D eigenvalue weighted by Crippen LogP contribution is 2.31. The molecule has 0 spiro atoms. The summed E-state index contributed by atoms with van der Waals surface area (Å²) < 4.78 is 0. The van der Waals surface area contributed by atoms with Crippen LogP contribution >= 0.6 is 0 Å². The fourth-order valence-corrected chi connectivity index (χ4v) is 3.01. The molecule has 0 unspecified atom stereocenters. The van der Waals surface area contributed by atoms with Gasteiger partial charge < -0.3 is 10.2 Å². The number of carbonyl (C=O) groups is 2. The van der Waals surface area contributed by atoms with Gasteiger partial charge in [-0.15, -0.1) is 0 Å². The smallest absolute Gasteiger partial charge is 0.242 e. The Labute approximate surface area is 162 Å². The third-order valence-corrected chi connectivity index (χ3v) is 4.71. The maximum Gasteiger partial charge on any atom is 0.242 e. The summed E-state index contributed by atoms with van der Waals surface area (Å²) in [6.07, 6.45) is 0. The topological polar surface area (TPSA) is 49.4 Å². The first-order valence-corrected chi connectivity index (χ1v) is 9.37. The highest BCUT2D eigenvalue weighted by molar-refractivity contribution is 6.15. The Hall–Kier alpha value is -2.62. The van der Waals surface area contributed by atoms with Gasteiger partial charge in [-0.3, -0.25) is 9.59 Å². The summed E-state index contributed by atoms with van der Waals surface area (Å²) in [5.41, 5.74) is 1.27. The van der Waals surface area contributed by atoms with Gasteiger partial charge in [-0.25, -0.2) is 0 Å². The molecule has 0 bridgehead atoms. The molecule has 4 heteroatoms. The number of nitrogens with one attached hydrogen (secondary N) is 1. The zero-order valence-electron chi connectivity index (χ0n) is 17.2. The van der Waals surface area contributed by atoms with Gasteiger partial charge in [0.05, 0.1) is 0 Å². The van der Waals surface area contributed by atoms with Gasteiger partial charge in [-0.1, -0.05) is 57.2 Å². The van der Waals surface area contributed by atoms with Crippen molar-refractivity contribution in [3.05, 3.63) is 60.2 Å².